The molecule has 0 heterocycles. The quantitative estimate of drug-likeness (QED) is 0.374. The van der Waals surface area contributed by atoms with E-state index in [9.17, 15) is 0 Å². The van der Waals surface area contributed by atoms with E-state index in [1.165, 1.54) is 38.3 Å². The van der Waals surface area contributed by atoms with Gasteiger partial charge in [0.2, 0.25) is 0 Å². The first-order valence-electron chi connectivity index (χ1n) is 8.23. The molecule has 0 bridgehead atoms. The average Bonchev–Trinajstić information content (AvgIpc) is 2.99. The molecule has 1 aliphatic rings. The molecular formula is C23H24Cl2Ti. The van der Waals surface area contributed by atoms with E-state index in [1.807, 2.05) is 0 Å². The number of allylic oxidation sites excluding steroid dienone is 4. The zero-order valence-corrected chi connectivity index (χ0v) is 19.0. The predicted octanol–water partition coefficient (Wildman–Crippen LogP) is 0.829. The maximum absolute atomic E-state index is 3.44. The fourth-order valence-electron chi connectivity index (χ4n) is 3.31. The summed E-state index contributed by atoms with van der Waals surface area (Å²) in [5.74, 6) is 0. The Morgan fingerprint density at radius 3 is 1.50 bits per heavy atom. The van der Waals surface area contributed by atoms with Gasteiger partial charge < -0.3 is 24.8 Å². The van der Waals surface area contributed by atoms with Crippen LogP contribution in [0, 0.1) is 11.5 Å². The van der Waals surface area contributed by atoms with Crippen LogP contribution in [0.1, 0.15) is 34.6 Å². The molecular weight excluding hydrogens is 395 g/mol. The van der Waals surface area contributed by atoms with E-state index in [2.05, 4.69) is 95.3 Å². The molecule has 0 aromatic heterocycles. The molecule has 0 fully saturated rings. The Labute approximate surface area is 184 Å². The second-order valence-electron chi connectivity index (χ2n) is 6.94. The SMILES string of the molecule is CC1=[C-]C(C)(C)C(C)=C1C.[Cl-].[Cl-].[Ti+4].c1ccc2c(c1)[cH-]c1ccccc12. The molecule has 26 heavy (non-hydrogen) atoms. The molecule has 0 nitrogen and oxygen atoms in total. The third-order valence-electron chi connectivity index (χ3n) is 5.09. The maximum Gasteiger partial charge on any atom is 4.00 e. The molecule has 0 spiro atoms. The molecule has 0 saturated heterocycles. The third-order valence-corrected chi connectivity index (χ3v) is 5.09. The molecule has 0 saturated carbocycles. The summed E-state index contributed by atoms with van der Waals surface area (Å²) in [4.78, 5) is 0. The average molecular weight is 419 g/mol. The fraction of sp³-hybridized carbons (Fsp3) is 0.261. The molecule has 0 amide bonds. The summed E-state index contributed by atoms with van der Waals surface area (Å²) >= 11 is 0. The van der Waals surface area contributed by atoms with E-state index in [4.69, 9.17) is 0 Å². The summed E-state index contributed by atoms with van der Waals surface area (Å²) < 4.78 is 0. The monoisotopic (exact) mass is 418 g/mol. The first kappa shape index (κ1) is 25.1. The van der Waals surface area contributed by atoms with Crippen LogP contribution in [0.3, 0.4) is 0 Å². The van der Waals surface area contributed by atoms with E-state index in [0.717, 1.165) is 0 Å². The van der Waals surface area contributed by atoms with Crippen LogP contribution in [0.25, 0.3) is 21.5 Å². The van der Waals surface area contributed by atoms with Crippen molar-refractivity contribution in [1.82, 2.24) is 0 Å². The summed E-state index contributed by atoms with van der Waals surface area (Å²) in [5, 5.41) is 5.39. The van der Waals surface area contributed by atoms with Gasteiger partial charge in [-0.15, -0.1) is 46.7 Å². The Morgan fingerprint density at radius 2 is 1.19 bits per heavy atom. The van der Waals surface area contributed by atoms with E-state index in [1.54, 1.807) is 0 Å². The zero-order valence-electron chi connectivity index (χ0n) is 16.0. The summed E-state index contributed by atoms with van der Waals surface area (Å²) in [6, 6.07) is 19.3. The van der Waals surface area contributed by atoms with Crippen molar-refractivity contribution in [2.75, 3.05) is 0 Å². The molecule has 3 aromatic carbocycles. The third kappa shape index (κ3) is 4.87. The van der Waals surface area contributed by atoms with Gasteiger partial charge in [0.15, 0.2) is 0 Å². The maximum atomic E-state index is 3.44. The zero-order chi connectivity index (χ0) is 16.6. The first-order chi connectivity index (χ1) is 10.9. The number of halogens is 2. The van der Waals surface area contributed by atoms with Gasteiger partial charge in [-0.3, -0.25) is 6.08 Å². The summed E-state index contributed by atoms with van der Waals surface area (Å²) in [6.45, 7) is 10.9. The van der Waals surface area contributed by atoms with Crippen molar-refractivity contribution in [3.63, 3.8) is 0 Å². The van der Waals surface area contributed by atoms with Crippen LogP contribution in [0.4, 0.5) is 0 Å². The van der Waals surface area contributed by atoms with Gasteiger partial charge in [-0.25, -0.2) is 5.57 Å². The molecule has 0 atom stereocenters. The molecule has 4 rings (SSSR count). The Morgan fingerprint density at radius 1 is 0.769 bits per heavy atom. The topological polar surface area (TPSA) is 0 Å². The van der Waals surface area contributed by atoms with Crippen LogP contribution in [-0.4, -0.2) is 0 Å². The molecule has 134 valence electrons. The van der Waals surface area contributed by atoms with Crippen molar-refractivity contribution in [3.05, 3.63) is 77.4 Å². The minimum absolute atomic E-state index is 0. The van der Waals surface area contributed by atoms with Crippen molar-refractivity contribution in [2.24, 2.45) is 5.41 Å². The number of hydrogen-bond acceptors (Lipinski definition) is 0. The molecule has 3 heteroatoms. The van der Waals surface area contributed by atoms with Gasteiger partial charge >= 0.3 is 21.7 Å². The smallest absolute Gasteiger partial charge is 1.00 e. The van der Waals surface area contributed by atoms with Crippen molar-refractivity contribution < 1.29 is 46.5 Å². The van der Waals surface area contributed by atoms with Gasteiger partial charge in [-0.2, -0.15) is 11.1 Å². The molecule has 3 aromatic rings. The summed E-state index contributed by atoms with van der Waals surface area (Å²) in [6.07, 6.45) is 3.44. The molecule has 0 unspecified atom stereocenters. The number of fused-ring (bicyclic) bond motifs is 3. The van der Waals surface area contributed by atoms with Gasteiger partial charge in [-0.1, -0.05) is 69.5 Å². The largest absolute Gasteiger partial charge is 4.00 e. The minimum Gasteiger partial charge on any atom is -1.00 e. The van der Waals surface area contributed by atoms with Gasteiger partial charge in [0.05, 0.1) is 0 Å². The van der Waals surface area contributed by atoms with E-state index in [-0.39, 0.29) is 51.9 Å². The first-order valence-corrected chi connectivity index (χ1v) is 8.23. The van der Waals surface area contributed by atoms with E-state index < -0.39 is 0 Å². The standard InChI is InChI=1S/C13H9.C10H15.2ClH.Ti/c1-3-7-12-10(5-1)9-11-6-2-4-8-13(11)12;1-7-6-10(4,5)9(3)8(7)2;;;/h1-9H;1-5H3;2*1H;/q2*-1;;;+4/p-2. The number of hydrogen-bond donors (Lipinski definition) is 0. The normalized spacial score (nSPS) is 14.6. The molecule has 0 aliphatic heterocycles. The summed E-state index contributed by atoms with van der Waals surface area (Å²) in [7, 11) is 0. The predicted molar refractivity (Wildman–Crippen MR) is 102 cm³/mol. The Kier molecular flexibility index (Phi) is 9.51. The van der Waals surface area contributed by atoms with Crippen molar-refractivity contribution in [1.29, 1.82) is 0 Å². The van der Waals surface area contributed by atoms with Crippen molar-refractivity contribution in [3.8, 4) is 0 Å². The molecule has 1 aliphatic carbocycles. The van der Waals surface area contributed by atoms with Crippen molar-refractivity contribution in [2.45, 2.75) is 34.6 Å². The van der Waals surface area contributed by atoms with Gasteiger partial charge in [-0.05, 0) is 0 Å². The van der Waals surface area contributed by atoms with Crippen LogP contribution < -0.4 is 24.8 Å². The number of benzene rings is 2. The van der Waals surface area contributed by atoms with Crippen LogP contribution >= 0.6 is 0 Å². The van der Waals surface area contributed by atoms with E-state index >= 15 is 0 Å². The molecule has 0 radical (unpaired) electrons. The van der Waals surface area contributed by atoms with Gasteiger partial charge in [0.1, 0.15) is 0 Å². The molecule has 0 N–H and O–H groups in total. The Hall–Kier alpha value is -0.916. The number of rotatable bonds is 0. The Balaban J connectivity index is 0.000000445. The van der Waals surface area contributed by atoms with Crippen molar-refractivity contribution >= 4 is 21.5 Å². The fourth-order valence-corrected chi connectivity index (χ4v) is 3.31. The minimum atomic E-state index is 0. The second-order valence-corrected chi connectivity index (χ2v) is 6.94. The van der Waals surface area contributed by atoms with Crippen LogP contribution in [0.5, 0.6) is 0 Å². The summed E-state index contributed by atoms with van der Waals surface area (Å²) in [5.41, 5.74) is 4.39. The van der Waals surface area contributed by atoms with Gasteiger partial charge in [0, 0.05) is 0 Å². The Bertz CT molecular complexity index is 879. The van der Waals surface area contributed by atoms with Crippen LogP contribution in [-0.2, 0) is 21.7 Å². The second kappa shape index (κ2) is 9.86. The van der Waals surface area contributed by atoms with Gasteiger partial charge in [0.25, 0.3) is 0 Å². The van der Waals surface area contributed by atoms with Crippen LogP contribution in [0.15, 0.2) is 71.3 Å². The van der Waals surface area contributed by atoms with E-state index in [0.29, 0.717) is 0 Å². The van der Waals surface area contributed by atoms with Crippen LogP contribution in [0.2, 0.25) is 0 Å².